The zero-order valence-electron chi connectivity index (χ0n) is 19.8. The fourth-order valence-corrected chi connectivity index (χ4v) is 3.73. The van der Waals surface area contributed by atoms with E-state index in [-0.39, 0.29) is 6.04 Å². The van der Waals surface area contributed by atoms with Gasteiger partial charge in [0.05, 0.1) is 22.4 Å². The van der Waals surface area contributed by atoms with E-state index in [0.717, 1.165) is 11.3 Å². The summed E-state index contributed by atoms with van der Waals surface area (Å²) in [4.78, 5) is 26.0. The van der Waals surface area contributed by atoms with Crippen LogP contribution in [0.5, 0.6) is 0 Å². The molecule has 35 heavy (non-hydrogen) atoms. The van der Waals surface area contributed by atoms with Crippen LogP contribution in [0.2, 0.25) is 5.02 Å². The van der Waals surface area contributed by atoms with Crippen LogP contribution in [0.15, 0.2) is 91.1 Å². The normalized spacial score (nSPS) is 11.4. The molecule has 2 N–H and O–H groups in total. The van der Waals surface area contributed by atoms with Crippen LogP contribution >= 0.6 is 11.6 Å². The second kappa shape index (κ2) is 10.9. The largest absolute Gasteiger partial charge is 0.378 e. The number of carbonyl (C=O) groups is 1. The van der Waals surface area contributed by atoms with Gasteiger partial charge in [-0.05, 0) is 48.9 Å². The highest BCUT2D eigenvalue weighted by molar-refractivity contribution is 6.33. The Hall–Kier alpha value is -4.10. The average Bonchev–Trinajstić information content (AvgIpc) is 2.87. The molecule has 0 fully saturated rings. The van der Waals surface area contributed by atoms with Crippen LogP contribution in [-0.2, 0) is 0 Å². The Morgan fingerprint density at radius 3 is 2.23 bits per heavy atom. The molecule has 0 saturated heterocycles. The summed E-state index contributed by atoms with van der Waals surface area (Å²) in [6.45, 7) is 2.03. The molecule has 4 aromatic rings. The Kier molecular flexibility index (Phi) is 7.48. The zero-order valence-corrected chi connectivity index (χ0v) is 20.6. The first-order chi connectivity index (χ1) is 16.9. The van der Waals surface area contributed by atoms with Crippen molar-refractivity contribution in [3.63, 3.8) is 0 Å². The predicted octanol–water partition coefficient (Wildman–Crippen LogP) is 6.74. The number of benzene rings is 3. The number of hydrogen-bond donors (Lipinski definition) is 2. The van der Waals surface area contributed by atoms with E-state index in [0.29, 0.717) is 28.2 Å². The van der Waals surface area contributed by atoms with E-state index in [9.17, 15) is 4.79 Å². The molecular formula is C27H27ClN6O. The molecule has 1 heterocycles. The molecule has 1 atom stereocenters. The molecule has 178 valence electrons. The summed E-state index contributed by atoms with van der Waals surface area (Å²) >= 11 is 6.29. The van der Waals surface area contributed by atoms with Crippen LogP contribution in [0.3, 0.4) is 0 Å². The van der Waals surface area contributed by atoms with Crippen LogP contribution in [0.4, 0.5) is 33.6 Å². The number of halogens is 1. The number of carbonyl (C=O) groups excluding carboxylic acids is 1. The van der Waals surface area contributed by atoms with Gasteiger partial charge in [0, 0.05) is 32.0 Å². The van der Waals surface area contributed by atoms with Crippen LogP contribution < -0.4 is 20.4 Å². The minimum absolute atomic E-state index is 0.0174. The third kappa shape index (κ3) is 5.88. The number of rotatable bonds is 7. The van der Waals surface area contributed by atoms with Crippen molar-refractivity contribution >= 4 is 46.5 Å². The first-order valence-electron chi connectivity index (χ1n) is 11.2. The standard InChI is InChI=1S/C27H27ClN6O/c1-19(20-9-5-4-6-10-20)30-26-29-18-17-25(32-26)34(22-15-13-21(14-16-22)33(2)3)27(35)31-24-12-8-7-11-23(24)28/h4-19H,1-3H3,(H,31,35)(H,29,30,32). The second-order valence-corrected chi connectivity index (χ2v) is 8.58. The monoisotopic (exact) mass is 486 g/mol. The van der Waals surface area contributed by atoms with Gasteiger partial charge in [0.2, 0.25) is 5.95 Å². The number of urea groups is 1. The van der Waals surface area contributed by atoms with Gasteiger partial charge in [-0.15, -0.1) is 0 Å². The molecule has 0 bridgehead atoms. The maximum absolute atomic E-state index is 13.5. The van der Waals surface area contributed by atoms with E-state index in [1.807, 2.05) is 92.6 Å². The predicted molar refractivity (Wildman–Crippen MR) is 144 cm³/mol. The Balaban J connectivity index is 1.67. The van der Waals surface area contributed by atoms with E-state index in [1.165, 1.54) is 4.90 Å². The van der Waals surface area contributed by atoms with Gasteiger partial charge in [0.25, 0.3) is 0 Å². The maximum atomic E-state index is 13.5. The third-order valence-corrected chi connectivity index (χ3v) is 5.79. The van der Waals surface area contributed by atoms with Crippen molar-refractivity contribution in [2.24, 2.45) is 0 Å². The lowest BCUT2D eigenvalue weighted by molar-refractivity contribution is 0.259. The molecule has 0 saturated carbocycles. The summed E-state index contributed by atoms with van der Waals surface area (Å²) in [5.74, 6) is 0.837. The number of para-hydroxylation sites is 1. The molecule has 2 amide bonds. The molecular weight excluding hydrogens is 460 g/mol. The number of anilines is 5. The van der Waals surface area contributed by atoms with Crippen molar-refractivity contribution < 1.29 is 4.79 Å². The van der Waals surface area contributed by atoms with Crippen molar-refractivity contribution in [1.29, 1.82) is 0 Å². The Bertz CT molecular complexity index is 1280. The number of hydrogen-bond acceptors (Lipinski definition) is 5. The van der Waals surface area contributed by atoms with Crippen molar-refractivity contribution in [2.45, 2.75) is 13.0 Å². The van der Waals surface area contributed by atoms with Crippen molar-refractivity contribution in [1.82, 2.24) is 9.97 Å². The molecule has 0 aliphatic rings. The van der Waals surface area contributed by atoms with Gasteiger partial charge in [-0.1, -0.05) is 54.1 Å². The first-order valence-corrected chi connectivity index (χ1v) is 11.6. The van der Waals surface area contributed by atoms with Crippen LogP contribution in [-0.4, -0.2) is 30.1 Å². The van der Waals surface area contributed by atoms with Crippen molar-refractivity contribution in [2.75, 3.05) is 34.5 Å². The smallest absolute Gasteiger partial charge is 0.332 e. The molecule has 0 radical (unpaired) electrons. The van der Waals surface area contributed by atoms with Gasteiger partial charge >= 0.3 is 6.03 Å². The highest BCUT2D eigenvalue weighted by atomic mass is 35.5. The summed E-state index contributed by atoms with van der Waals surface area (Å²) in [7, 11) is 3.93. The van der Waals surface area contributed by atoms with E-state index >= 15 is 0 Å². The van der Waals surface area contributed by atoms with E-state index < -0.39 is 6.03 Å². The third-order valence-electron chi connectivity index (χ3n) is 5.46. The Labute approximate surface area is 210 Å². The molecule has 4 rings (SSSR count). The topological polar surface area (TPSA) is 73.4 Å². The summed E-state index contributed by atoms with van der Waals surface area (Å²) < 4.78 is 0. The van der Waals surface area contributed by atoms with Gasteiger partial charge in [0.15, 0.2) is 0 Å². The fraction of sp³-hybridized carbons (Fsp3) is 0.148. The summed E-state index contributed by atoms with van der Waals surface area (Å²) in [5.41, 5.74) is 3.29. The number of aromatic nitrogens is 2. The molecule has 0 aliphatic carbocycles. The molecule has 3 aromatic carbocycles. The van der Waals surface area contributed by atoms with E-state index in [1.54, 1.807) is 24.4 Å². The quantitative estimate of drug-likeness (QED) is 0.302. The minimum atomic E-state index is -0.392. The Morgan fingerprint density at radius 2 is 1.54 bits per heavy atom. The van der Waals surface area contributed by atoms with Gasteiger partial charge in [-0.25, -0.2) is 14.7 Å². The zero-order chi connectivity index (χ0) is 24.8. The lowest BCUT2D eigenvalue weighted by atomic mass is 10.1. The number of nitrogens with zero attached hydrogens (tertiary/aromatic N) is 4. The maximum Gasteiger partial charge on any atom is 0.332 e. The summed E-state index contributed by atoms with van der Waals surface area (Å²) in [6, 6.07) is 26.1. The van der Waals surface area contributed by atoms with Crippen molar-refractivity contribution in [3.8, 4) is 0 Å². The fourth-order valence-electron chi connectivity index (χ4n) is 3.55. The molecule has 1 aromatic heterocycles. The van der Waals surface area contributed by atoms with Crippen LogP contribution in [0.25, 0.3) is 0 Å². The van der Waals surface area contributed by atoms with E-state index in [4.69, 9.17) is 11.6 Å². The molecule has 8 heteroatoms. The average molecular weight is 487 g/mol. The highest BCUT2D eigenvalue weighted by Gasteiger charge is 2.21. The molecule has 1 unspecified atom stereocenters. The molecule has 0 spiro atoms. The van der Waals surface area contributed by atoms with Crippen LogP contribution in [0, 0.1) is 0 Å². The highest BCUT2D eigenvalue weighted by Crippen LogP contribution is 2.29. The Morgan fingerprint density at radius 1 is 0.886 bits per heavy atom. The second-order valence-electron chi connectivity index (χ2n) is 8.17. The molecule has 7 nitrogen and oxygen atoms in total. The van der Waals surface area contributed by atoms with Gasteiger partial charge < -0.3 is 15.5 Å². The van der Waals surface area contributed by atoms with Gasteiger partial charge in [-0.3, -0.25) is 0 Å². The lowest BCUT2D eigenvalue weighted by Gasteiger charge is -2.24. The summed E-state index contributed by atoms with van der Waals surface area (Å²) in [6.07, 6.45) is 1.63. The minimum Gasteiger partial charge on any atom is -0.378 e. The number of nitrogens with one attached hydrogen (secondary N) is 2. The number of amides is 2. The lowest BCUT2D eigenvalue weighted by Crippen LogP contribution is -2.32. The molecule has 0 aliphatic heterocycles. The van der Waals surface area contributed by atoms with Crippen molar-refractivity contribution in [3.05, 3.63) is 102 Å². The van der Waals surface area contributed by atoms with E-state index in [2.05, 4.69) is 20.6 Å². The van der Waals surface area contributed by atoms with Crippen LogP contribution in [0.1, 0.15) is 18.5 Å². The van der Waals surface area contributed by atoms with Gasteiger partial charge in [-0.2, -0.15) is 4.98 Å². The van der Waals surface area contributed by atoms with Gasteiger partial charge in [0.1, 0.15) is 5.82 Å². The first kappa shape index (κ1) is 24.0. The SMILES string of the molecule is CC(Nc1nccc(N(C(=O)Nc2ccccc2Cl)c2ccc(N(C)C)cc2)n1)c1ccccc1. The summed E-state index contributed by atoms with van der Waals surface area (Å²) in [5, 5.41) is 6.66.